The van der Waals surface area contributed by atoms with E-state index < -0.39 is 0 Å². The van der Waals surface area contributed by atoms with Crippen molar-refractivity contribution in [2.75, 3.05) is 0 Å². The van der Waals surface area contributed by atoms with Crippen LogP contribution in [-0.4, -0.2) is 11.9 Å². The molecule has 5 nitrogen and oxygen atoms in total. The Bertz CT molecular complexity index is 516. The highest BCUT2D eigenvalue weighted by Crippen LogP contribution is 2.30. The Balaban J connectivity index is 2.08. The standard InChI is InChI=1S/C14H17N3O2/c1-9-2-7-12(13(18)19-9)11-5-3-10(4-6-11)8-17-14(15)16/h3-6,12H,1-2,7-8H2,(H4,15,16,17)/t12-/m0/s1. The number of esters is 1. The largest absolute Gasteiger partial charge is 0.431 e. The van der Waals surface area contributed by atoms with E-state index in [1.807, 2.05) is 24.3 Å². The van der Waals surface area contributed by atoms with Gasteiger partial charge in [-0.2, -0.15) is 0 Å². The molecule has 0 bridgehead atoms. The zero-order chi connectivity index (χ0) is 13.8. The van der Waals surface area contributed by atoms with E-state index in [9.17, 15) is 4.79 Å². The van der Waals surface area contributed by atoms with Gasteiger partial charge in [-0.25, -0.2) is 4.99 Å². The Morgan fingerprint density at radius 1 is 1.37 bits per heavy atom. The summed E-state index contributed by atoms with van der Waals surface area (Å²) in [5, 5.41) is 0. The van der Waals surface area contributed by atoms with Crippen LogP contribution in [0.2, 0.25) is 0 Å². The number of nitrogens with two attached hydrogens (primary N) is 2. The lowest BCUT2D eigenvalue weighted by atomic mass is 9.91. The van der Waals surface area contributed by atoms with Crippen LogP contribution in [0.25, 0.3) is 0 Å². The van der Waals surface area contributed by atoms with Gasteiger partial charge in [0, 0.05) is 6.42 Å². The minimum atomic E-state index is -0.228. The summed E-state index contributed by atoms with van der Waals surface area (Å²) in [4.78, 5) is 15.7. The molecular formula is C14H17N3O2. The van der Waals surface area contributed by atoms with E-state index in [0.29, 0.717) is 18.7 Å². The highest BCUT2D eigenvalue weighted by Gasteiger charge is 2.27. The van der Waals surface area contributed by atoms with Gasteiger partial charge in [0.1, 0.15) is 5.76 Å². The predicted octanol–water partition coefficient (Wildman–Crippen LogP) is 1.39. The van der Waals surface area contributed by atoms with E-state index in [2.05, 4.69) is 11.6 Å². The van der Waals surface area contributed by atoms with Crippen LogP contribution in [-0.2, 0) is 16.1 Å². The Kier molecular flexibility index (Phi) is 3.85. The molecule has 1 aromatic carbocycles. The number of rotatable bonds is 3. The SMILES string of the molecule is C=C1CC[C@@H](c2ccc(CN=C(N)N)cc2)C(=O)O1. The average molecular weight is 259 g/mol. The molecule has 1 heterocycles. The number of allylic oxidation sites excluding steroid dienone is 1. The first-order chi connectivity index (χ1) is 9.06. The summed E-state index contributed by atoms with van der Waals surface area (Å²) in [6.45, 7) is 4.11. The Morgan fingerprint density at radius 3 is 2.63 bits per heavy atom. The number of hydrogen-bond donors (Lipinski definition) is 2. The first-order valence-corrected chi connectivity index (χ1v) is 6.10. The van der Waals surface area contributed by atoms with Crippen molar-refractivity contribution in [2.45, 2.75) is 25.3 Å². The third-order valence-corrected chi connectivity index (χ3v) is 3.07. The molecule has 0 saturated carbocycles. The van der Waals surface area contributed by atoms with E-state index in [-0.39, 0.29) is 17.8 Å². The van der Waals surface area contributed by atoms with Gasteiger partial charge in [-0.15, -0.1) is 0 Å². The van der Waals surface area contributed by atoms with E-state index in [1.165, 1.54) is 0 Å². The Morgan fingerprint density at radius 2 is 2.05 bits per heavy atom. The quantitative estimate of drug-likeness (QED) is 0.487. The molecule has 0 unspecified atom stereocenters. The first-order valence-electron chi connectivity index (χ1n) is 6.10. The minimum Gasteiger partial charge on any atom is -0.431 e. The topological polar surface area (TPSA) is 90.7 Å². The van der Waals surface area contributed by atoms with Gasteiger partial charge in [-0.1, -0.05) is 30.8 Å². The third-order valence-electron chi connectivity index (χ3n) is 3.07. The summed E-state index contributed by atoms with van der Waals surface area (Å²) in [5.74, 6) is 0.180. The summed E-state index contributed by atoms with van der Waals surface area (Å²) >= 11 is 0. The summed E-state index contributed by atoms with van der Waals surface area (Å²) in [7, 11) is 0. The number of ether oxygens (including phenoxy) is 1. The minimum absolute atomic E-state index is 0.0680. The Labute approximate surface area is 112 Å². The van der Waals surface area contributed by atoms with Crippen LogP contribution in [0, 0.1) is 0 Å². The number of cyclic esters (lactones) is 1. The van der Waals surface area contributed by atoms with Crippen molar-refractivity contribution in [3.63, 3.8) is 0 Å². The Hall–Kier alpha value is -2.30. The maximum absolute atomic E-state index is 11.8. The molecule has 1 atom stereocenters. The van der Waals surface area contributed by atoms with Crippen LogP contribution < -0.4 is 11.5 Å². The van der Waals surface area contributed by atoms with Crippen LogP contribution in [0.5, 0.6) is 0 Å². The molecule has 1 aromatic rings. The summed E-state index contributed by atoms with van der Waals surface area (Å²) < 4.78 is 5.07. The van der Waals surface area contributed by atoms with Crippen molar-refractivity contribution in [1.29, 1.82) is 0 Å². The van der Waals surface area contributed by atoms with Gasteiger partial charge in [0.15, 0.2) is 5.96 Å². The van der Waals surface area contributed by atoms with Gasteiger partial charge in [0.05, 0.1) is 12.5 Å². The van der Waals surface area contributed by atoms with E-state index in [1.54, 1.807) is 0 Å². The van der Waals surface area contributed by atoms with Crippen molar-refractivity contribution in [1.82, 2.24) is 0 Å². The lowest BCUT2D eigenvalue weighted by molar-refractivity contribution is -0.143. The number of nitrogens with zero attached hydrogens (tertiary/aromatic N) is 1. The predicted molar refractivity (Wildman–Crippen MR) is 73.2 cm³/mol. The normalized spacial score (nSPS) is 18.8. The van der Waals surface area contributed by atoms with Crippen LogP contribution in [0.15, 0.2) is 41.6 Å². The number of benzene rings is 1. The number of guanidine groups is 1. The molecule has 0 aliphatic carbocycles. The first kappa shape index (κ1) is 13.1. The van der Waals surface area contributed by atoms with Crippen molar-refractivity contribution >= 4 is 11.9 Å². The average Bonchev–Trinajstić information content (AvgIpc) is 2.37. The smallest absolute Gasteiger partial charge is 0.318 e. The molecule has 19 heavy (non-hydrogen) atoms. The molecule has 4 N–H and O–H groups in total. The van der Waals surface area contributed by atoms with Crippen LogP contribution in [0.4, 0.5) is 0 Å². The van der Waals surface area contributed by atoms with E-state index >= 15 is 0 Å². The van der Waals surface area contributed by atoms with Crippen molar-refractivity contribution in [3.8, 4) is 0 Å². The molecule has 2 rings (SSSR count). The van der Waals surface area contributed by atoms with Crippen LogP contribution in [0.1, 0.15) is 29.9 Å². The highest BCUT2D eigenvalue weighted by molar-refractivity contribution is 5.80. The fourth-order valence-corrected chi connectivity index (χ4v) is 2.03. The molecule has 0 amide bonds. The summed E-state index contributed by atoms with van der Waals surface area (Å²) in [6.07, 6.45) is 1.46. The fraction of sp³-hybridized carbons (Fsp3) is 0.286. The molecule has 1 fully saturated rings. The van der Waals surface area contributed by atoms with Gasteiger partial charge in [0.2, 0.25) is 0 Å². The number of hydrogen-bond acceptors (Lipinski definition) is 3. The molecule has 0 spiro atoms. The van der Waals surface area contributed by atoms with Crippen molar-refractivity contribution < 1.29 is 9.53 Å². The van der Waals surface area contributed by atoms with Crippen molar-refractivity contribution in [3.05, 3.63) is 47.7 Å². The molecule has 0 radical (unpaired) electrons. The second-order valence-corrected chi connectivity index (χ2v) is 4.53. The lowest BCUT2D eigenvalue weighted by Gasteiger charge is -2.22. The zero-order valence-electron chi connectivity index (χ0n) is 10.6. The van der Waals surface area contributed by atoms with Crippen molar-refractivity contribution in [2.24, 2.45) is 16.5 Å². The summed E-state index contributed by atoms with van der Waals surface area (Å²) in [6, 6.07) is 7.66. The zero-order valence-corrected chi connectivity index (χ0v) is 10.6. The lowest BCUT2D eigenvalue weighted by Crippen LogP contribution is -2.22. The van der Waals surface area contributed by atoms with Gasteiger partial charge >= 0.3 is 5.97 Å². The maximum atomic E-state index is 11.8. The molecule has 1 saturated heterocycles. The summed E-state index contributed by atoms with van der Waals surface area (Å²) in [5.41, 5.74) is 12.5. The van der Waals surface area contributed by atoms with Gasteiger partial charge in [0.25, 0.3) is 0 Å². The van der Waals surface area contributed by atoms with Gasteiger partial charge in [-0.05, 0) is 17.5 Å². The molecule has 1 aliphatic heterocycles. The number of carbonyl (C=O) groups is 1. The fourth-order valence-electron chi connectivity index (χ4n) is 2.03. The molecule has 0 aromatic heterocycles. The highest BCUT2D eigenvalue weighted by atomic mass is 16.5. The maximum Gasteiger partial charge on any atom is 0.318 e. The second kappa shape index (κ2) is 5.56. The van der Waals surface area contributed by atoms with E-state index in [0.717, 1.165) is 17.5 Å². The van der Waals surface area contributed by atoms with Gasteiger partial charge in [-0.3, -0.25) is 4.79 Å². The number of aliphatic imine (C=N–C) groups is 1. The monoisotopic (exact) mass is 259 g/mol. The van der Waals surface area contributed by atoms with Crippen LogP contribution >= 0.6 is 0 Å². The van der Waals surface area contributed by atoms with Gasteiger partial charge < -0.3 is 16.2 Å². The molecule has 100 valence electrons. The van der Waals surface area contributed by atoms with Crippen LogP contribution in [0.3, 0.4) is 0 Å². The van der Waals surface area contributed by atoms with E-state index in [4.69, 9.17) is 16.2 Å². The number of carbonyl (C=O) groups excluding carboxylic acids is 1. The third kappa shape index (κ3) is 3.34. The molecule has 1 aliphatic rings. The molecule has 5 heteroatoms. The second-order valence-electron chi connectivity index (χ2n) is 4.53. The molecular weight excluding hydrogens is 242 g/mol.